The molecule has 1 aliphatic carbocycles. The fraction of sp³-hybridized carbons (Fsp3) is 0.714. The highest BCUT2D eigenvalue weighted by atomic mass is 32.2. The summed E-state index contributed by atoms with van der Waals surface area (Å²) in [6.07, 6.45) is 6.20. The van der Waals surface area contributed by atoms with Crippen LogP contribution >= 0.6 is 11.3 Å². The first-order chi connectivity index (χ1) is 10.0. The van der Waals surface area contributed by atoms with Gasteiger partial charge in [-0.2, -0.15) is 0 Å². The summed E-state index contributed by atoms with van der Waals surface area (Å²) in [5.74, 6) is 0. The Morgan fingerprint density at radius 2 is 2.10 bits per heavy atom. The summed E-state index contributed by atoms with van der Waals surface area (Å²) < 4.78 is 32.8. The molecule has 21 heavy (non-hydrogen) atoms. The van der Waals surface area contributed by atoms with Crippen LogP contribution in [-0.4, -0.2) is 27.7 Å². The summed E-state index contributed by atoms with van der Waals surface area (Å²) in [6, 6.07) is 1.66. The van der Waals surface area contributed by atoms with Gasteiger partial charge in [-0.3, -0.25) is 0 Å². The predicted molar refractivity (Wildman–Crippen MR) is 85.0 cm³/mol. The van der Waals surface area contributed by atoms with E-state index in [1.54, 1.807) is 13.0 Å². The number of aryl methyl sites for hydroxylation is 1. The average molecular weight is 332 g/mol. The van der Waals surface area contributed by atoms with Crippen LogP contribution in [0.3, 0.4) is 0 Å². The van der Waals surface area contributed by atoms with Gasteiger partial charge in [-0.25, -0.2) is 13.1 Å². The Hall–Kier alpha value is -0.470. The van der Waals surface area contributed by atoms with Gasteiger partial charge in [-0.15, -0.1) is 11.3 Å². The number of rotatable bonds is 7. The van der Waals surface area contributed by atoms with Crippen molar-refractivity contribution in [1.29, 1.82) is 0 Å². The molecule has 0 aliphatic heterocycles. The minimum Gasteiger partial charge on any atom is -0.377 e. The van der Waals surface area contributed by atoms with Crippen LogP contribution in [0, 0.1) is 6.92 Å². The van der Waals surface area contributed by atoms with Crippen LogP contribution in [0.4, 0.5) is 0 Å². The Morgan fingerprint density at radius 3 is 2.71 bits per heavy atom. The van der Waals surface area contributed by atoms with Crippen LogP contribution in [-0.2, 0) is 21.3 Å². The number of nitrogens with one attached hydrogen (secondary N) is 1. The summed E-state index contributed by atoms with van der Waals surface area (Å²) in [4.78, 5) is 1.99. The van der Waals surface area contributed by atoms with E-state index in [-0.39, 0.29) is 0 Å². The van der Waals surface area contributed by atoms with Crippen molar-refractivity contribution in [2.45, 2.75) is 56.6 Å². The lowest BCUT2D eigenvalue weighted by molar-refractivity contribution is 0.0321. The molecule has 0 aromatic carbocycles. The van der Waals surface area contributed by atoms with Crippen LogP contribution in [0.5, 0.6) is 0 Å². The first kappa shape index (κ1) is 16.9. The van der Waals surface area contributed by atoms with Crippen molar-refractivity contribution in [3.8, 4) is 0 Å². The van der Waals surface area contributed by atoms with E-state index < -0.39 is 10.0 Å². The molecule has 3 N–H and O–H groups in total. The number of nitrogens with two attached hydrogens (primary N) is 1. The van der Waals surface area contributed by atoms with E-state index in [2.05, 4.69) is 4.72 Å². The molecule has 1 fully saturated rings. The van der Waals surface area contributed by atoms with Crippen LogP contribution in [0.1, 0.15) is 41.9 Å². The number of hydrogen-bond donors (Lipinski definition) is 2. The SMILES string of the molecule is Cc1sc(CN)cc1S(=O)(=O)NCCOC1CCCCC1. The van der Waals surface area contributed by atoms with Crippen molar-refractivity contribution in [2.75, 3.05) is 13.2 Å². The highest BCUT2D eigenvalue weighted by Gasteiger charge is 2.19. The minimum absolute atomic E-state index is 0.301. The summed E-state index contributed by atoms with van der Waals surface area (Å²) in [5, 5.41) is 0. The van der Waals surface area contributed by atoms with Crippen LogP contribution in [0.2, 0.25) is 0 Å². The Balaban J connectivity index is 1.82. The average Bonchev–Trinajstić information content (AvgIpc) is 2.87. The maximum Gasteiger partial charge on any atom is 0.241 e. The van der Waals surface area contributed by atoms with Gasteiger partial charge in [0.25, 0.3) is 0 Å². The Bertz CT molecular complexity index is 549. The van der Waals surface area contributed by atoms with Crippen molar-refractivity contribution >= 4 is 21.4 Å². The lowest BCUT2D eigenvalue weighted by atomic mass is 9.98. The third-order valence-corrected chi connectivity index (χ3v) is 6.50. The Labute approximate surface area is 130 Å². The molecule has 0 spiro atoms. The molecule has 0 bridgehead atoms. The molecule has 1 aliphatic rings. The molecule has 120 valence electrons. The van der Waals surface area contributed by atoms with Gasteiger partial charge in [0.1, 0.15) is 0 Å². The zero-order valence-electron chi connectivity index (χ0n) is 12.4. The van der Waals surface area contributed by atoms with E-state index >= 15 is 0 Å². The van der Waals surface area contributed by atoms with Crippen molar-refractivity contribution < 1.29 is 13.2 Å². The van der Waals surface area contributed by atoms with Gasteiger partial charge in [-0.05, 0) is 25.8 Å². The van der Waals surface area contributed by atoms with Crippen molar-refractivity contribution in [3.63, 3.8) is 0 Å². The van der Waals surface area contributed by atoms with E-state index in [0.29, 0.717) is 30.7 Å². The standard InChI is InChI=1S/C14H24N2O3S2/c1-11-14(9-13(10-15)20-11)21(17,18)16-7-8-19-12-5-3-2-4-6-12/h9,12,16H,2-8,10,15H2,1H3. The van der Waals surface area contributed by atoms with E-state index in [4.69, 9.17) is 10.5 Å². The van der Waals surface area contributed by atoms with Gasteiger partial charge in [0.05, 0.1) is 17.6 Å². The van der Waals surface area contributed by atoms with E-state index in [1.807, 2.05) is 0 Å². The lowest BCUT2D eigenvalue weighted by Crippen LogP contribution is -2.29. The van der Waals surface area contributed by atoms with Crippen LogP contribution in [0.25, 0.3) is 0 Å². The Morgan fingerprint density at radius 1 is 1.38 bits per heavy atom. The maximum atomic E-state index is 12.2. The third kappa shape index (κ3) is 4.75. The normalized spacial score (nSPS) is 17.2. The zero-order valence-corrected chi connectivity index (χ0v) is 14.1. The van der Waals surface area contributed by atoms with Crippen molar-refractivity contribution in [1.82, 2.24) is 4.72 Å². The quantitative estimate of drug-likeness (QED) is 0.750. The number of thiophene rings is 1. The fourth-order valence-electron chi connectivity index (χ4n) is 2.60. The number of hydrogen-bond acceptors (Lipinski definition) is 5. The van der Waals surface area contributed by atoms with Crippen molar-refractivity contribution in [2.24, 2.45) is 5.73 Å². The van der Waals surface area contributed by atoms with Gasteiger partial charge in [0.15, 0.2) is 0 Å². The second-order valence-electron chi connectivity index (χ2n) is 5.37. The molecule has 1 aromatic heterocycles. The molecule has 0 radical (unpaired) electrons. The smallest absolute Gasteiger partial charge is 0.241 e. The fourth-order valence-corrected chi connectivity index (χ4v) is 5.13. The van der Waals surface area contributed by atoms with Gasteiger partial charge in [-0.1, -0.05) is 19.3 Å². The molecule has 0 atom stereocenters. The van der Waals surface area contributed by atoms with Crippen LogP contribution < -0.4 is 10.5 Å². The summed E-state index contributed by atoms with van der Waals surface area (Å²) in [6.45, 7) is 2.91. The molecule has 0 unspecified atom stereocenters. The molecule has 1 heterocycles. The zero-order chi connectivity index (χ0) is 15.3. The molecule has 5 nitrogen and oxygen atoms in total. The second kappa shape index (κ2) is 7.69. The first-order valence-electron chi connectivity index (χ1n) is 7.43. The molecule has 0 saturated heterocycles. The molecule has 1 aromatic rings. The highest BCUT2D eigenvalue weighted by Crippen LogP contribution is 2.25. The van der Waals surface area contributed by atoms with E-state index in [9.17, 15) is 8.42 Å². The van der Waals surface area contributed by atoms with E-state index in [1.165, 1.54) is 30.6 Å². The van der Waals surface area contributed by atoms with E-state index in [0.717, 1.165) is 22.6 Å². The number of sulfonamides is 1. The predicted octanol–water partition coefficient (Wildman–Crippen LogP) is 2.14. The molecule has 1 saturated carbocycles. The first-order valence-corrected chi connectivity index (χ1v) is 9.73. The molecular weight excluding hydrogens is 308 g/mol. The molecule has 0 amide bonds. The largest absolute Gasteiger partial charge is 0.377 e. The minimum atomic E-state index is -3.46. The van der Waals surface area contributed by atoms with Gasteiger partial charge >= 0.3 is 0 Å². The van der Waals surface area contributed by atoms with Gasteiger partial charge < -0.3 is 10.5 Å². The van der Waals surface area contributed by atoms with Gasteiger partial charge in [0.2, 0.25) is 10.0 Å². The monoisotopic (exact) mass is 332 g/mol. The van der Waals surface area contributed by atoms with Crippen molar-refractivity contribution in [3.05, 3.63) is 15.8 Å². The molecular formula is C14H24N2O3S2. The number of ether oxygens (including phenoxy) is 1. The van der Waals surface area contributed by atoms with Gasteiger partial charge in [0, 0.05) is 22.8 Å². The summed E-state index contributed by atoms with van der Waals surface area (Å²) in [5.41, 5.74) is 5.55. The second-order valence-corrected chi connectivity index (χ2v) is 8.44. The maximum absolute atomic E-state index is 12.2. The molecule has 7 heteroatoms. The Kier molecular flexibility index (Phi) is 6.19. The highest BCUT2D eigenvalue weighted by molar-refractivity contribution is 7.89. The topological polar surface area (TPSA) is 81.4 Å². The van der Waals surface area contributed by atoms with Crippen LogP contribution in [0.15, 0.2) is 11.0 Å². The molecule has 2 rings (SSSR count). The lowest BCUT2D eigenvalue weighted by Gasteiger charge is -2.21. The summed E-state index contributed by atoms with van der Waals surface area (Å²) >= 11 is 1.43. The third-order valence-electron chi connectivity index (χ3n) is 3.71. The summed E-state index contributed by atoms with van der Waals surface area (Å²) in [7, 11) is -3.46.